The first-order valence-electron chi connectivity index (χ1n) is 9.08. The van der Waals surface area contributed by atoms with Crippen LogP contribution in [-0.4, -0.2) is 23.1 Å². The molecule has 0 saturated heterocycles. The van der Waals surface area contributed by atoms with E-state index in [0.717, 1.165) is 24.0 Å². The van der Waals surface area contributed by atoms with Gasteiger partial charge in [0.15, 0.2) is 0 Å². The van der Waals surface area contributed by atoms with Crippen LogP contribution in [0.25, 0.3) is 0 Å². The molecule has 24 heavy (non-hydrogen) atoms. The largest absolute Gasteiger partial charge is 0.355 e. The molecule has 3 rings (SSSR count). The molecule has 1 N–H and O–H groups in total. The molecule has 4 heteroatoms. The first-order chi connectivity index (χ1) is 11.7. The van der Waals surface area contributed by atoms with Crippen molar-refractivity contribution in [2.75, 3.05) is 17.3 Å². The lowest BCUT2D eigenvalue weighted by molar-refractivity contribution is 0.614. The van der Waals surface area contributed by atoms with Crippen LogP contribution in [0.15, 0.2) is 36.4 Å². The van der Waals surface area contributed by atoms with Gasteiger partial charge in [-0.05, 0) is 25.3 Å². The number of benzene rings is 1. The predicted octanol–water partition coefficient (Wildman–Crippen LogP) is 4.56. The van der Waals surface area contributed by atoms with Crippen LogP contribution < -0.4 is 10.2 Å². The molecule has 128 valence electrons. The standard InChI is InChI=1S/C20H28N4/c1-16-14-19(24(2)15-17-10-6-5-7-11-17)23-20(21-16)22-18-12-8-3-4-9-13-18/h5-7,10-11,14,18H,3-4,8-9,12-13,15H2,1-2H3,(H,21,22,23). The Kier molecular flexibility index (Phi) is 5.68. The zero-order chi connectivity index (χ0) is 16.8. The van der Waals surface area contributed by atoms with E-state index in [2.05, 4.69) is 52.6 Å². The molecule has 0 radical (unpaired) electrons. The fourth-order valence-corrected chi connectivity index (χ4v) is 3.36. The Hall–Kier alpha value is -2.10. The van der Waals surface area contributed by atoms with Gasteiger partial charge in [-0.1, -0.05) is 56.0 Å². The van der Waals surface area contributed by atoms with Gasteiger partial charge < -0.3 is 10.2 Å². The predicted molar refractivity (Wildman–Crippen MR) is 100 cm³/mol. The van der Waals surface area contributed by atoms with Crippen molar-refractivity contribution in [1.82, 2.24) is 9.97 Å². The number of anilines is 2. The van der Waals surface area contributed by atoms with Crippen molar-refractivity contribution in [3.8, 4) is 0 Å². The van der Waals surface area contributed by atoms with E-state index in [1.807, 2.05) is 13.0 Å². The van der Waals surface area contributed by atoms with Gasteiger partial charge >= 0.3 is 0 Å². The van der Waals surface area contributed by atoms with E-state index >= 15 is 0 Å². The highest BCUT2D eigenvalue weighted by atomic mass is 15.2. The van der Waals surface area contributed by atoms with Gasteiger partial charge in [-0.2, -0.15) is 4.98 Å². The van der Waals surface area contributed by atoms with Gasteiger partial charge in [-0.15, -0.1) is 0 Å². The number of rotatable bonds is 5. The summed E-state index contributed by atoms with van der Waals surface area (Å²) in [5.74, 6) is 1.75. The zero-order valence-corrected chi connectivity index (χ0v) is 14.8. The lowest BCUT2D eigenvalue weighted by atomic mass is 10.1. The van der Waals surface area contributed by atoms with Crippen LogP contribution in [0.3, 0.4) is 0 Å². The summed E-state index contributed by atoms with van der Waals surface area (Å²) in [5.41, 5.74) is 2.30. The maximum absolute atomic E-state index is 4.76. The molecule has 1 aromatic carbocycles. The minimum atomic E-state index is 0.515. The van der Waals surface area contributed by atoms with Crippen molar-refractivity contribution in [1.29, 1.82) is 0 Å². The van der Waals surface area contributed by atoms with E-state index in [-0.39, 0.29) is 0 Å². The average molecular weight is 324 g/mol. The number of nitrogens with one attached hydrogen (secondary N) is 1. The smallest absolute Gasteiger partial charge is 0.225 e. The SMILES string of the molecule is Cc1cc(N(C)Cc2ccccc2)nc(NC2CCCCCC2)n1. The van der Waals surface area contributed by atoms with Gasteiger partial charge in [-0.25, -0.2) is 4.98 Å². The number of aromatic nitrogens is 2. The number of nitrogens with zero attached hydrogens (tertiary/aromatic N) is 3. The molecule has 4 nitrogen and oxygen atoms in total. The molecule has 1 aliphatic rings. The molecule has 0 spiro atoms. The van der Waals surface area contributed by atoms with Gasteiger partial charge in [0.25, 0.3) is 0 Å². The highest BCUT2D eigenvalue weighted by molar-refractivity contribution is 5.45. The van der Waals surface area contributed by atoms with Gasteiger partial charge in [-0.3, -0.25) is 0 Å². The average Bonchev–Trinajstić information content (AvgIpc) is 2.84. The van der Waals surface area contributed by atoms with Crippen LogP contribution in [0.2, 0.25) is 0 Å². The van der Waals surface area contributed by atoms with E-state index in [1.165, 1.54) is 44.1 Å². The minimum Gasteiger partial charge on any atom is -0.355 e. The van der Waals surface area contributed by atoms with Crippen molar-refractivity contribution in [2.45, 2.75) is 58.0 Å². The summed E-state index contributed by atoms with van der Waals surface area (Å²) in [5, 5.41) is 3.57. The Morgan fingerprint density at radius 3 is 2.46 bits per heavy atom. The Morgan fingerprint density at radius 1 is 1.04 bits per heavy atom. The first-order valence-corrected chi connectivity index (χ1v) is 9.08. The summed E-state index contributed by atoms with van der Waals surface area (Å²) in [6, 6.07) is 13.1. The second kappa shape index (κ2) is 8.13. The van der Waals surface area contributed by atoms with Crippen LogP contribution >= 0.6 is 0 Å². The van der Waals surface area contributed by atoms with E-state index < -0.39 is 0 Å². The van der Waals surface area contributed by atoms with Gasteiger partial charge in [0, 0.05) is 31.4 Å². The monoisotopic (exact) mass is 324 g/mol. The molecule has 1 saturated carbocycles. The highest BCUT2D eigenvalue weighted by Gasteiger charge is 2.14. The number of hydrogen-bond donors (Lipinski definition) is 1. The molecular formula is C20H28N4. The molecule has 0 bridgehead atoms. The summed E-state index contributed by atoms with van der Waals surface area (Å²) >= 11 is 0. The third-order valence-electron chi connectivity index (χ3n) is 4.68. The number of hydrogen-bond acceptors (Lipinski definition) is 4. The van der Waals surface area contributed by atoms with Crippen LogP contribution in [0.5, 0.6) is 0 Å². The number of aryl methyl sites for hydroxylation is 1. The Bertz CT molecular complexity index is 633. The fraction of sp³-hybridized carbons (Fsp3) is 0.500. The molecule has 0 unspecified atom stereocenters. The van der Waals surface area contributed by atoms with E-state index in [1.54, 1.807) is 0 Å². The summed E-state index contributed by atoms with van der Waals surface area (Å²) in [6.45, 7) is 2.89. The quantitative estimate of drug-likeness (QED) is 0.819. The van der Waals surface area contributed by atoms with Crippen molar-refractivity contribution in [2.24, 2.45) is 0 Å². The Balaban J connectivity index is 1.70. The third-order valence-corrected chi connectivity index (χ3v) is 4.68. The Morgan fingerprint density at radius 2 is 1.75 bits per heavy atom. The topological polar surface area (TPSA) is 41.1 Å². The second-order valence-electron chi connectivity index (χ2n) is 6.87. The summed E-state index contributed by atoms with van der Waals surface area (Å²) in [6.07, 6.45) is 7.79. The maximum Gasteiger partial charge on any atom is 0.225 e. The fourth-order valence-electron chi connectivity index (χ4n) is 3.36. The van der Waals surface area contributed by atoms with Gasteiger partial charge in [0.05, 0.1) is 0 Å². The summed E-state index contributed by atoms with van der Waals surface area (Å²) in [7, 11) is 2.09. The molecule has 0 atom stereocenters. The molecule has 0 amide bonds. The first kappa shape index (κ1) is 16.7. The van der Waals surface area contributed by atoms with Crippen LogP contribution in [-0.2, 0) is 6.54 Å². The van der Waals surface area contributed by atoms with Crippen LogP contribution in [0.4, 0.5) is 11.8 Å². The molecule has 1 aromatic heterocycles. The molecular weight excluding hydrogens is 296 g/mol. The van der Waals surface area contributed by atoms with Crippen LogP contribution in [0.1, 0.15) is 49.8 Å². The Labute approximate surface area is 145 Å². The van der Waals surface area contributed by atoms with Crippen molar-refractivity contribution >= 4 is 11.8 Å². The lowest BCUT2D eigenvalue weighted by Crippen LogP contribution is -2.22. The zero-order valence-electron chi connectivity index (χ0n) is 14.8. The van der Waals surface area contributed by atoms with E-state index in [4.69, 9.17) is 4.98 Å². The van der Waals surface area contributed by atoms with E-state index in [0.29, 0.717) is 6.04 Å². The minimum absolute atomic E-state index is 0.515. The van der Waals surface area contributed by atoms with Crippen LogP contribution in [0, 0.1) is 6.92 Å². The third kappa shape index (κ3) is 4.70. The van der Waals surface area contributed by atoms with Crippen molar-refractivity contribution in [3.63, 3.8) is 0 Å². The normalized spacial score (nSPS) is 15.8. The van der Waals surface area contributed by atoms with Gasteiger partial charge in [0.2, 0.25) is 5.95 Å². The van der Waals surface area contributed by atoms with E-state index in [9.17, 15) is 0 Å². The van der Waals surface area contributed by atoms with Gasteiger partial charge in [0.1, 0.15) is 5.82 Å². The maximum atomic E-state index is 4.76. The lowest BCUT2D eigenvalue weighted by Gasteiger charge is -2.21. The van der Waals surface area contributed by atoms with Crippen molar-refractivity contribution in [3.05, 3.63) is 47.7 Å². The van der Waals surface area contributed by atoms with Crippen molar-refractivity contribution < 1.29 is 0 Å². The molecule has 0 aliphatic heterocycles. The molecule has 1 heterocycles. The summed E-state index contributed by atoms with van der Waals surface area (Å²) < 4.78 is 0. The molecule has 2 aromatic rings. The molecule has 1 fully saturated rings. The highest BCUT2D eigenvalue weighted by Crippen LogP contribution is 2.21. The second-order valence-corrected chi connectivity index (χ2v) is 6.87. The molecule has 1 aliphatic carbocycles. The summed E-state index contributed by atoms with van der Waals surface area (Å²) in [4.78, 5) is 11.5.